The summed E-state index contributed by atoms with van der Waals surface area (Å²) in [5, 5.41) is 3.93. The van der Waals surface area contributed by atoms with Gasteiger partial charge in [-0.3, -0.25) is 0 Å². The highest BCUT2D eigenvalue weighted by molar-refractivity contribution is 6.32. The molecule has 0 saturated heterocycles. The topological polar surface area (TPSA) is 30.5 Å². The lowest BCUT2D eigenvalue weighted by molar-refractivity contribution is 0.333. The van der Waals surface area contributed by atoms with Gasteiger partial charge in [-0.1, -0.05) is 41.9 Å². The second-order valence-electron chi connectivity index (χ2n) is 5.15. The zero-order chi connectivity index (χ0) is 16.6. The third-order valence-electron chi connectivity index (χ3n) is 3.36. The first kappa shape index (κ1) is 16.2. The minimum atomic E-state index is 0.534. The molecule has 0 saturated carbocycles. The molecule has 0 aliphatic rings. The standard InChI is InChI=1S/C20H18ClNO2/c21-19-8-4-5-9-20(19)23-15-14-22-16-10-12-18(13-11-16)24-17-6-2-1-3-7-17/h1-13,22H,14-15H2. The molecule has 0 atom stereocenters. The smallest absolute Gasteiger partial charge is 0.137 e. The van der Waals surface area contributed by atoms with E-state index in [1.807, 2.05) is 78.9 Å². The Bertz CT molecular complexity index is 760. The van der Waals surface area contributed by atoms with Gasteiger partial charge in [0.25, 0.3) is 0 Å². The Morgan fingerprint density at radius 2 is 1.42 bits per heavy atom. The highest BCUT2D eigenvalue weighted by atomic mass is 35.5. The fourth-order valence-electron chi connectivity index (χ4n) is 2.18. The average molecular weight is 340 g/mol. The molecule has 0 bridgehead atoms. The van der Waals surface area contributed by atoms with Crippen LogP contribution in [0.1, 0.15) is 0 Å². The molecule has 3 rings (SSSR count). The molecule has 0 amide bonds. The Morgan fingerprint density at radius 1 is 0.750 bits per heavy atom. The summed E-state index contributed by atoms with van der Waals surface area (Å²) in [6, 6.07) is 25.0. The Morgan fingerprint density at radius 3 is 2.17 bits per heavy atom. The molecule has 122 valence electrons. The predicted octanol–water partition coefficient (Wildman–Crippen LogP) is 5.62. The van der Waals surface area contributed by atoms with Crippen molar-refractivity contribution in [1.29, 1.82) is 0 Å². The lowest BCUT2D eigenvalue weighted by Gasteiger charge is -2.10. The third-order valence-corrected chi connectivity index (χ3v) is 3.67. The van der Waals surface area contributed by atoms with Crippen LogP contribution >= 0.6 is 11.6 Å². The van der Waals surface area contributed by atoms with Gasteiger partial charge in [-0.15, -0.1) is 0 Å². The Kier molecular flexibility index (Phi) is 5.59. The maximum absolute atomic E-state index is 6.04. The summed E-state index contributed by atoms with van der Waals surface area (Å²) >= 11 is 6.04. The summed E-state index contributed by atoms with van der Waals surface area (Å²) in [4.78, 5) is 0. The van der Waals surface area contributed by atoms with E-state index in [1.54, 1.807) is 0 Å². The highest BCUT2D eigenvalue weighted by Gasteiger charge is 2.00. The number of rotatable bonds is 7. The molecule has 3 aromatic carbocycles. The molecule has 1 N–H and O–H groups in total. The van der Waals surface area contributed by atoms with Gasteiger partial charge >= 0.3 is 0 Å². The maximum Gasteiger partial charge on any atom is 0.137 e. The summed E-state index contributed by atoms with van der Waals surface area (Å²) < 4.78 is 11.4. The Hall–Kier alpha value is -2.65. The van der Waals surface area contributed by atoms with Crippen LogP contribution in [-0.2, 0) is 0 Å². The van der Waals surface area contributed by atoms with E-state index in [9.17, 15) is 0 Å². The van der Waals surface area contributed by atoms with Gasteiger partial charge in [0.1, 0.15) is 23.9 Å². The Labute approximate surface area is 146 Å². The lowest BCUT2D eigenvalue weighted by atomic mass is 10.3. The molecule has 0 fully saturated rings. The summed E-state index contributed by atoms with van der Waals surface area (Å²) in [5.74, 6) is 2.33. The summed E-state index contributed by atoms with van der Waals surface area (Å²) in [6.07, 6.45) is 0. The summed E-state index contributed by atoms with van der Waals surface area (Å²) in [5.41, 5.74) is 1.01. The molecule has 0 heterocycles. The van der Waals surface area contributed by atoms with Gasteiger partial charge < -0.3 is 14.8 Å². The summed E-state index contributed by atoms with van der Waals surface area (Å²) in [6.45, 7) is 1.22. The number of nitrogens with one attached hydrogen (secondary N) is 1. The summed E-state index contributed by atoms with van der Waals surface area (Å²) in [7, 11) is 0. The number of para-hydroxylation sites is 2. The number of benzene rings is 3. The number of hydrogen-bond acceptors (Lipinski definition) is 3. The van der Waals surface area contributed by atoms with Crippen molar-refractivity contribution in [2.75, 3.05) is 18.5 Å². The predicted molar refractivity (Wildman–Crippen MR) is 98.4 cm³/mol. The largest absolute Gasteiger partial charge is 0.490 e. The van der Waals surface area contributed by atoms with Crippen LogP contribution in [0.3, 0.4) is 0 Å². The quantitative estimate of drug-likeness (QED) is 0.566. The number of hydrogen-bond donors (Lipinski definition) is 1. The van der Waals surface area contributed by atoms with Gasteiger partial charge in [0.2, 0.25) is 0 Å². The first-order valence-corrected chi connectivity index (χ1v) is 8.13. The van der Waals surface area contributed by atoms with Crippen molar-refractivity contribution in [2.24, 2.45) is 0 Å². The van der Waals surface area contributed by atoms with Crippen LogP contribution < -0.4 is 14.8 Å². The minimum Gasteiger partial charge on any atom is -0.490 e. The number of ether oxygens (including phenoxy) is 2. The van der Waals surface area contributed by atoms with E-state index in [-0.39, 0.29) is 0 Å². The van der Waals surface area contributed by atoms with Crippen LogP contribution in [0.2, 0.25) is 5.02 Å². The van der Waals surface area contributed by atoms with Crippen molar-refractivity contribution >= 4 is 17.3 Å². The second kappa shape index (κ2) is 8.27. The average Bonchev–Trinajstić information content (AvgIpc) is 2.62. The Balaban J connectivity index is 1.45. The maximum atomic E-state index is 6.04. The molecular weight excluding hydrogens is 322 g/mol. The first-order chi connectivity index (χ1) is 11.8. The fourth-order valence-corrected chi connectivity index (χ4v) is 2.37. The van der Waals surface area contributed by atoms with E-state index >= 15 is 0 Å². The molecule has 24 heavy (non-hydrogen) atoms. The fraction of sp³-hybridized carbons (Fsp3) is 0.100. The molecule has 0 radical (unpaired) electrons. The molecule has 0 unspecified atom stereocenters. The highest BCUT2D eigenvalue weighted by Crippen LogP contribution is 2.24. The van der Waals surface area contributed by atoms with Crippen molar-refractivity contribution in [3.63, 3.8) is 0 Å². The second-order valence-corrected chi connectivity index (χ2v) is 5.55. The SMILES string of the molecule is Clc1ccccc1OCCNc1ccc(Oc2ccccc2)cc1. The van der Waals surface area contributed by atoms with E-state index < -0.39 is 0 Å². The van der Waals surface area contributed by atoms with Crippen molar-refractivity contribution in [1.82, 2.24) is 0 Å². The van der Waals surface area contributed by atoms with Gasteiger partial charge in [0.05, 0.1) is 5.02 Å². The van der Waals surface area contributed by atoms with Gasteiger partial charge in [0.15, 0.2) is 0 Å². The monoisotopic (exact) mass is 339 g/mol. The zero-order valence-corrected chi connectivity index (χ0v) is 13.9. The van der Waals surface area contributed by atoms with Crippen molar-refractivity contribution in [3.8, 4) is 17.2 Å². The minimum absolute atomic E-state index is 0.534. The van der Waals surface area contributed by atoms with Gasteiger partial charge in [-0.2, -0.15) is 0 Å². The number of halogens is 1. The van der Waals surface area contributed by atoms with Crippen LogP contribution in [0.5, 0.6) is 17.2 Å². The molecule has 3 nitrogen and oxygen atoms in total. The van der Waals surface area contributed by atoms with Gasteiger partial charge in [-0.05, 0) is 48.5 Å². The van der Waals surface area contributed by atoms with E-state index in [2.05, 4.69) is 5.32 Å². The number of anilines is 1. The van der Waals surface area contributed by atoms with E-state index in [1.165, 1.54) is 0 Å². The van der Waals surface area contributed by atoms with Gasteiger partial charge in [0, 0.05) is 12.2 Å². The zero-order valence-electron chi connectivity index (χ0n) is 13.1. The first-order valence-electron chi connectivity index (χ1n) is 7.75. The van der Waals surface area contributed by atoms with Crippen molar-refractivity contribution in [2.45, 2.75) is 0 Å². The molecule has 3 aromatic rings. The van der Waals surface area contributed by atoms with Crippen molar-refractivity contribution < 1.29 is 9.47 Å². The molecular formula is C20H18ClNO2. The lowest BCUT2D eigenvalue weighted by Crippen LogP contribution is -2.11. The van der Waals surface area contributed by atoms with Crippen LogP contribution in [0.4, 0.5) is 5.69 Å². The molecule has 0 aliphatic heterocycles. The molecule has 0 aliphatic carbocycles. The third kappa shape index (κ3) is 4.67. The van der Waals surface area contributed by atoms with Crippen LogP contribution in [0, 0.1) is 0 Å². The molecule has 4 heteroatoms. The van der Waals surface area contributed by atoms with Crippen LogP contribution in [0.15, 0.2) is 78.9 Å². The normalized spacial score (nSPS) is 10.2. The van der Waals surface area contributed by atoms with Crippen LogP contribution in [-0.4, -0.2) is 13.2 Å². The molecule has 0 aromatic heterocycles. The molecule has 0 spiro atoms. The van der Waals surface area contributed by atoms with E-state index in [0.717, 1.165) is 17.2 Å². The van der Waals surface area contributed by atoms with Crippen molar-refractivity contribution in [3.05, 3.63) is 83.9 Å². The van der Waals surface area contributed by atoms with Crippen LogP contribution in [0.25, 0.3) is 0 Å². The van der Waals surface area contributed by atoms with E-state index in [4.69, 9.17) is 21.1 Å². The van der Waals surface area contributed by atoms with E-state index in [0.29, 0.717) is 23.9 Å². The van der Waals surface area contributed by atoms with Gasteiger partial charge in [-0.25, -0.2) is 0 Å².